The first-order chi connectivity index (χ1) is 4.61. The number of ketones is 1. The summed E-state index contributed by atoms with van der Waals surface area (Å²) in [5, 5.41) is 0. The normalized spacial score (nSPS) is 33.9. The van der Waals surface area contributed by atoms with Crippen molar-refractivity contribution in [3.63, 3.8) is 0 Å². The van der Waals surface area contributed by atoms with Crippen molar-refractivity contribution in [1.82, 2.24) is 0 Å². The second-order valence-corrected chi connectivity index (χ2v) is 3.88. The smallest absolute Gasteiger partial charge is 0.156 e. The lowest BCUT2D eigenvalue weighted by Crippen LogP contribution is -2.17. The highest BCUT2D eigenvalue weighted by molar-refractivity contribution is 9.11. The summed E-state index contributed by atoms with van der Waals surface area (Å²) < 4.78 is 1.05. The Morgan fingerprint density at radius 2 is 2.20 bits per heavy atom. The molecule has 0 N–H and O–H groups in total. The molecule has 10 heavy (non-hydrogen) atoms. The highest BCUT2D eigenvalue weighted by atomic mass is 79.9. The van der Waals surface area contributed by atoms with Crippen LogP contribution >= 0.6 is 15.9 Å². The molecule has 1 aliphatic carbocycles. The Labute approximate surface area is 69.6 Å². The first-order valence-corrected chi connectivity index (χ1v) is 4.30. The van der Waals surface area contributed by atoms with E-state index in [2.05, 4.69) is 29.8 Å². The van der Waals surface area contributed by atoms with Gasteiger partial charge < -0.3 is 0 Å². The molecular weight excluding hydrogens is 192 g/mol. The van der Waals surface area contributed by atoms with Gasteiger partial charge in [-0.05, 0) is 17.9 Å². The van der Waals surface area contributed by atoms with Gasteiger partial charge in [0, 0.05) is 10.9 Å². The number of hydrogen-bond acceptors (Lipinski definition) is 1. The zero-order chi connectivity index (χ0) is 7.72. The molecule has 56 valence electrons. The molecule has 0 radical (unpaired) electrons. The molecule has 0 aliphatic heterocycles. The molecule has 0 spiro atoms. The summed E-state index contributed by atoms with van der Waals surface area (Å²) in [6.45, 7) is 4.24. The van der Waals surface area contributed by atoms with Crippen molar-refractivity contribution in [1.29, 1.82) is 0 Å². The Hall–Kier alpha value is -0.110. The van der Waals surface area contributed by atoms with Gasteiger partial charge in [-0.15, -0.1) is 0 Å². The van der Waals surface area contributed by atoms with Gasteiger partial charge in [0.25, 0.3) is 0 Å². The maximum atomic E-state index is 10.9. The topological polar surface area (TPSA) is 17.1 Å². The van der Waals surface area contributed by atoms with Crippen molar-refractivity contribution < 1.29 is 4.79 Å². The van der Waals surface area contributed by atoms with Crippen LogP contribution < -0.4 is 0 Å². The van der Waals surface area contributed by atoms with Crippen LogP contribution in [0.15, 0.2) is 10.6 Å². The molecule has 0 bridgehead atoms. The van der Waals surface area contributed by atoms with E-state index in [4.69, 9.17) is 0 Å². The molecule has 0 heterocycles. The van der Waals surface area contributed by atoms with E-state index in [1.165, 1.54) is 0 Å². The third-order valence-corrected chi connectivity index (χ3v) is 3.06. The van der Waals surface area contributed by atoms with Crippen LogP contribution in [-0.2, 0) is 4.79 Å². The van der Waals surface area contributed by atoms with Gasteiger partial charge in [0.15, 0.2) is 5.78 Å². The molecule has 1 nitrogen and oxygen atoms in total. The Balaban J connectivity index is 2.80. The number of hydrogen-bond donors (Lipinski definition) is 0. The summed E-state index contributed by atoms with van der Waals surface area (Å²) in [4.78, 5) is 10.9. The van der Waals surface area contributed by atoms with Crippen LogP contribution in [0, 0.1) is 11.8 Å². The van der Waals surface area contributed by atoms with E-state index in [9.17, 15) is 4.79 Å². The molecule has 0 aromatic rings. The van der Waals surface area contributed by atoms with Gasteiger partial charge in [-0.3, -0.25) is 4.79 Å². The maximum absolute atomic E-state index is 10.9. The Morgan fingerprint density at radius 1 is 1.60 bits per heavy atom. The molecule has 2 heteroatoms. The molecule has 1 aliphatic rings. The van der Waals surface area contributed by atoms with E-state index < -0.39 is 0 Å². The average molecular weight is 203 g/mol. The maximum Gasteiger partial charge on any atom is 0.156 e. The van der Waals surface area contributed by atoms with Gasteiger partial charge in [0.05, 0.1) is 0 Å². The van der Waals surface area contributed by atoms with Gasteiger partial charge in [0.2, 0.25) is 0 Å². The van der Waals surface area contributed by atoms with E-state index in [1.54, 1.807) is 6.08 Å². The molecule has 0 aromatic carbocycles. The first-order valence-electron chi connectivity index (χ1n) is 3.51. The van der Waals surface area contributed by atoms with Gasteiger partial charge >= 0.3 is 0 Å². The quantitative estimate of drug-likeness (QED) is 0.591. The SMILES string of the molecule is CC1CC(=O)C=C(Br)C1C. The van der Waals surface area contributed by atoms with E-state index >= 15 is 0 Å². The second-order valence-electron chi connectivity index (χ2n) is 2.97. The zero-order valence-electron chi connectivity index (χ0n) is 6.23. The minimum absolute atomic E-state index is 0.248. The summed E-state index contributed by atoms with van der Waals surface area (Å²) in [7, 11) is 0. The summed E-state index contributed by atoms with van der Waals surface area (Å²) in [6.07, 6.45) is 2.40. The van der Waals surface area contributed by atoms with Crippen LogP contribution in [0.5, 0.6) is 0 Å². The standard InChI is InChI=1S/C8H11BrO/c1-5-3-7(10)4-8(9)6(5)2/h4-6H,3H2,1-2H3. The summed E-state index contributed by atoms with van der Waals surface area (Å²) in [6, 6.07) is 0. The number of carbonyl (C=O) groups excluding carboxylic acids is 1. The third-order valence-electron chi connectivity index (χ3n) is 2.11. The minimum Gasteiger partial charge on any atom is -0.295 e. The first kappa shape index (κ1) is 7.99. The highest BCUT2D eigenvalue weighted by Gasteiger charge is 2.22. The Kier molecular flexibility index (Phi) is 2.29. The van der Waals surface area contributed by atoms with E-state index in [-0.39, 0.29) is 5.78 Å². The largest absolute Gasteiger partial charge is 0.295 e. The molecular formula is C8H11BrO. The fourth-order valence-electron chi connectivity index (χ4n) is 1.11. The van der Waals surface area contributed by atoms with Crippen molar-refractivity contribution in [2.75, 3.05) is 0 Å². The Morgan fingerprint density at radius 3 is 2.70 bits per heavy atom. The lowest BCUT2D eigenvalue weighted by molar-refractivity contribution is -0.116. The molecule has 0 amide bonds. The van der Waals surface area contributed by atoms with E-state index in [0.29, 0.717) is 18.3 Å². The fourth-order valence-corrected chi connectivity index (χ4v) is 1.82. The summed E-state index contributed by atoms with van der Waals surface area (Å²) >= 11 is 3.37. The second kappa shape index (κ2) is 2.87. The van der Waals surface area contributed by atoms with Crippen LogP contribution in [-0.4, -0.2) is 5.78 Å². The van der Waals surface area contributed by atoms with Crippen molar-refractivity contribution in [3.8, 4) is 0 Å². The molecule has 2 atom stereocenters. The molecule has 0 saturated carbocycles. The lowest BCUT2D eigenvalue weighted by atomic mass is 9.86. The monoisotopic (exact) mass is 202 g/mol. The highest BCUT2D eigenvalue weighted by Crippen LogP contribution is 2.31. The van der Waals surface area contributed by atoms with Crippen LogP contribution in [0.3, 0.4) is 0 Å². The summed E-state index contributed by atoms with van der Waals surface area (Å²) in [5.41, 5.74) is 0. The summed E-state index contributed by atoms with van der Waals surface area (Å²) in [5.74, 6) is 1.25. The predicted octanol–water partition coefficient (Wildman–Crippen LogP) is 2.51. The van der Waals surface area contributed by atoms with Crippen LogP contribution in [0.2, 0.25) is 0 Å². The third kappa shape index (κ3) is 1.48. The molecule has 0 saturated heterocycles. The van der Waals surface area contributed by atoms with E-state index in [1.807, 2.05) is 0 Å². The van der Waals surface area contributed by atoms with Crippen LogP contribution in [0.1, 0.15) is 20.3 Å². The zero-order valence-corrected chi connectivity index (χ0v) is 7.81. The van der Waals surface area contributed by atoms with Crippen LogP contribution in [0.25, 0.3) is 0 Å². The van der Waals surface area contributed by atoms with Gasteiger partial charge in [-0.25, -0.2) is 0 Å². The number of carbonyl (C=O) groups is 1. The van der Waals surface area contributed by atoms with Crippen molar-refractivity contribution in [2.24, 2.45) is 11.8 Å². The van der Waals surface area contributed by atoms with Gasteiger partial charge in [-0.2, -0.15) is 0 Å². The van der Waals surface area contributed by atoms with Crippen LogP contribution in [0.4, 0.5) is 0 Å². The Bertz CT molecular complexity index is 184. The van der Waals surface area contributed by atoms with Crippen molar-refractivity contribution in [3.05, 3.63) is 10.6 Å². The lowest BCUT2D eigenvalue weighted by Gasteiger charge is -2.22. The minimum atomic E-state index is 0.248. The number of allylic oxidation sites excluding steroid dienone is 2. The molecule has 0 aromatic heterocycles. The fraction of sp³-hybridized carbons (Fsp3) is 0.625. The number of halogens is 1. The average Bonchev–Trinajstić information content (AvgIpc) is 1.82. The van der Waals surface area contributed by atoms with E-state index in [0.717, 1.165) is 4.48 Å². The molecule has 1 rings (SSSR count). The number of rotatable bonds is 0. The predicted molar refractivity (Wildman–Crippen MR) is 45.0 cm³/mol. The van der Waals surface area contributed by atoms with Gasteiger partial charge in [0.1, 0.15) is 0 Å². The van der Waals surface area contributed by atoms with Crippen molar-refractivity contribution in [2.45, 2.75) is 20.3 Å². The molecule has 2 unspecified atom stereocenters. The van der Waals surface area contributed by atoms with Crippen molar-refractivity contribution >= 4 is 21.7 Å². The molecule has 0 fully saturated rings. The van der Waals surface area contributed by atoms with Gasteiger partial charge in [-0.1, -0.05) is 29.8 Å².